The van der Waals surface area contributed by atoms with Gasteiger partial charge in [0.25, 0.3) is 0 Å². The van der Waals surface area contributed by atoms with Gasteiger partial charge in [-0.05, 0) is 55.1 Å². The van der Waals surface area contributed by atoms with Crippen LogP contribution >= 0.6 is 11.3 Å². The van der Waals surface area contributed by atoms with Crippen molar-refractivity contribution in [2.75, 3.05) is 26.7 Å². The van der Waals surface area contributed by atoms with E-state index in [9.17, 15) is 4.79 Å². The number of carbonyl (C=O) groups is 1. The van der Waals surface area contributed by atoms with E-state index >= 15 is 0 Å². The molecule has 0 spiro atoms. The van der Waals surface area contributed by atoms with Gasteiger partial charge < -0.3 is 10.1 Å². The van der Waals surface area contributed by atoms with Crippen LogP contribution in [0.15, 0.2) is 41.8 Å². The number of amides is 1. The number of piperidine rings is 1. The molecule has 1 amide bonds. The predicted molar refractivity (Wildman–Crippen MR) is 102 cm³/mol. The lowest BCUT2D eigenvalue weighted by atomic mass is 10.0. The Morgan fingerprint density at radius 3 is 2.60 bits per heavy atom. The predicted octanol–water partition coefficient (Wildman–Crippen LogP) is 3.64. The van der Waals surface area contributed by atoms with Crippen LogP contribution in [0.1, 0.15) is 35.7 Å². The fourth-order valence-electron chi connectivity index (χ4n) is 3.36. The second-order valence-corrected chi connectivity index (χ2v) is 7.48. The van der Waals surface area contributed by atoms with E-state index in [2.05, 4.69) is 22.3 Å². The summed E-state index contributed by atoms with van der Waals surface area (Å²) in [6.07, 6.45) is 4.23. The zero-order valence-corrected chi connectivity index (χ0v) is 15.6. The number of hydrogen-bond acceptors (Lipinski definition) is 4. The lowest BCUT2D eigenvalue weighted by molar-refractivity contribution is -0.120. The third kappa shape index (κ3) is 5.06. The molecule has 1 N–H and O–H groups in total. The Labute approximate surface area is 153 Å². The van der Waals surface area contributed by atoms with Crippen molar-refractivity contribution < 1.29 is 9.53 Å². The van der Waals surface area contributed by atoms with Crippen LogP contribution < -0.4 is 10.1 Å². The van der Waals surface area contributed by atoms with E-state index in [1.807, 2.05) is 29.6 Å². The van der Waals surface area contributed by atoms with Gasteiger partial charge in [0.05, 0.1) is 19.6 Å². The van der Waals surface area contributed by atoms with Gasteiger partial charge in [-0.3, -0.25) is 9.69 Å². The smallest absolute Gasteiger partial charge is 0.225 e. The molecule has 134 valence electrons. The van der Waals surface area contributed by atoms with Gasteiger partial charge in [0, 0.05) is 11.4 Å². The van der Waals surface area contributed by atoms with Crippen LogP contribution in [0.4, 0.5) is 0 Å². The van der Waals surface area contributed by atoms with Gasteiger partial charge in [0.1, 0.15) is 5.75 Å². The average Bonchev–Trinajstić information content (AvgIpc) is 3.16. The molecule has 1 unspecified atom stereocenters. The van der Waals surface area contributed by atoms with Gasteiger partial charge >= 0.3 is 0 Å². The third-order valence-corrected chi connectivity index (χ3v) is 5.62. The number of rotatable bonds is 7. The Kier molecular flexibility index (Phi) is 6.48. The zero-order chi connectivity index (χ0) is 17.5. The maximum Gasteiger partial charge on any atom is 0.225 e. The topological polar surface area (TPSA) is 41.6 Å². The first-order valence-corrected chi connectivity index (χ1v) is 9.81. The summed E-state index contributed by atoms with van der Waals surface area (Å²) in [5, 5.41) is 5.15. The second kappa shape index (κ2) is 9.02. The van der Waals surface area contributed by atoms with Gasteiger partial charge in [0.15, 0.2) is 0 Å². The van der Waals surface area contributed by atoms with E-state index in [0.717, 1.165) is 23.7 Å². The van der Waals surface area contributed by atoms with Crippen LogP contribution in [-0.4, -0.2) is 37.6 Å². The van der Waals surface area contributed by atoms with Crippen molar-refractivity contribution in [3.05, 3.63) is 52.2 Å². The van der Waals surface area contributed by atoms with Crippen molar-refractivity contribution >= 4 is 17.2 Å². The molecule has 1 fully saturated rings. The number of hydrogen-bond donors (Lipinski definition) is 1. The number of nitrogens with zero attached hydrogens (tertiary/aromatic N) is 1. The van der Waals surface area contributed by atoms with Crippen molar-refractivity contribution in [2.45, 2.75) is 31.7 Å². The van der Waals surface area contributed by atoms with E-state index in [4.69, 9.17) is 4.74 Å². The van der Waals surface area contributed by atoms with Crippen LogP contribution in [0.25, 0.3) is 0 Å². The molecule has 0 saturated carbocycles. The van der Waals surface area contributed by atoms with Crippen LogP contribution in [0.2, 0.25) is 0 Å². The maximum atomic E-state index is 12.3. The minimum Gasteiger partial charge on any atom is -0.497 e. The molecule has 1 aliphatic heterocycles. The number of benzene rings is 1. The summed E-state index contributed by atoms with van der Waals surface area (Å²) in [5.74, 6) is 0.959. The molecule has 1 aliphatic rings. The number of carbonyl (C=O) groups excluding carboxylic acids is 1. The standard InChI is InChI=1S/C20H26N2O2S/c1-24-17-9-7-16(8-10-17)19(22-11-3-2-4-12-22)15-21-20(23)14-18-6-5-13-25-18/h5-10,13,19H,2-4,11-12,14-15H2,1H3,(H,21,23). The number of nitrogens with one attached hydrogen (secondary N) is 1. The molecule has 1 aromatic carbocycles. The van der Waals surface area contributed by atoms with Gasteiger partial charge in [-0.1, -0.05) is 24.6 Å². The molecule has 2 aromatic rings. The molecular weight excluding hydrogens is 332 g/mol. The number of likely N-dealkylation sites (tertiary alicyclic amines) is 1. The summed E-state index contributed by atoms with van der Waals surface area (Å²) in [6.45, 7) is 2.84. The molecule has 4 nitrogen and oxygen atoms in total. The minimum absolute atomic E-state index is 0.0953. The molecule has 1 aromatic heterocycles. The summed E-state index contributed by atoms with van der Waals surface area (Å²) in [5.41, 5.74) is 1.24. The van der Waals surface area contributed by atoms with Gasteiger partial charge in [-0.15, -0.1) is 11.3 Å². The van der Waals surface area contributed by atoms with Crippen LogP contribution in [0, 0.1) is 0 Å². The van der Waals surface area contributed by atoms with Crippen molar-refractivity contribution in [3.63, 3.8) is 0 Å². The first kappa shape index (κ1) is 18.0. The monoisotopic (exact) mass is 358 g/mol. The molecule has 0 aliphatic carbocycles. The summed E-state index contributed by atoms with van der Waals surface area (Å²) in [6, 6.07) is 12.4. The lowest BCUT2D eigenvalue weighted by Gasteiger charge is -2.35. The molecule has 25 heavy (non-hydrogen) atoms. The summed E-state index contributed by atoms with van der Waals surface area (Å²) >= 11 is 1.63. The Bertz CT molecular complexity index is 649. The highest BCUT2D eigenvalue weighted by Crippen LogP contribution is 2.26. The van der Waals surface area contributed by atoms with E-state index in [-0.39, 0.29) is 11.9 Å². The van der Waals surface area contributed by atoms with Crippen LogP contribution in [0.5, 0.6) is 5.75 Å². The summed E-state index contributed by atoms with van der Waals surface area (Å²) in [7, 11) is 1.68. The van der Waals surface area contributed by atoms with Crippen molar-refractivity contribution in [1.82, 2.24) is 10.2 Å². The fraction of sp³-hybridized carbons (Fsp3) is 0.450. The number of methoxy groups -OCH3 is 1. The molecule has 0 radical (unpaired) electrons. The maximum absolute atomic E-state index is 12.3. The normalized spacial score (nSPS) is 16.4. The molecule has 3 rings (SSSR count). The van der Waals surface area contributed by atoms with Gasteiger partial charge in [-0.2, -0.15) is 0 Å². The first-order chi connectivity index (χ1) is 12.3. The molecule has 2 heterocycles. The zero-order valence-electron chi connectivity index (χ0n) is 14.7. The highest BCUT2D eigenvalue weighted by molar-refractivity contribution is 7.10. The van der Waals surface area contributed by atoms with Crippen molar-refractivity contribution in [1.29, 1.82) is 0 Å². The Balaban J connectivity index is 1.65. The first-order valence-electron chi connectivity index (χ1n) is 8.93. The number of ether oxygens (including phenoxy) is 1. The molecular formula is C20H26N2O2S. The Morgan fingerprint density at radius 1 is 1.20 bits per heavy atom. The Morgan fingerprint density at radius 2 is 1.96 bits per heavy atom. The van der Waals surface area contributed by atoms with E-state index in [1.165, 1.54) is 24.8 Å². The molecule has 5 heteroatoms. The minimum atomic E-state index is 0.0953. The summed E-state index contributed by atoms with van der Waals surface area (Å²) in [4.78, 5) is 15.9. The highest BCUT2D eigenvalue weighted by atomic mass is 32.1. The van der Waals surface area contributed by atoms with E-state index in [0.29, 0.717) is 13.0 Å². The average molecular weight is 359 g/mol. The second-order valence-electron chi connectivity index (χ2n) is 6.45. The van der Waals surface area contributed by atoms with E-state index < -0.39 is 0 Å². The lowest BCUT2D eigenvalue weighted by Crippen LogP contribution is -2.41. The quantitative estimate of drug-likeness (QED) is 0.821. The van der Waals surface area contributed by atoms with E-state index in [1.54, 1.807) is 18.4 Å². The van der Waals surface area contributed by atoms with Gasteiger partial charge in [-0.25, -0.2) is 0 Å². The van der Waals surface area contributed by atoms with Crippen molar-refractivity contribution in [3.8, 4) is 5.75 Å². The Hall–Kier alpha value is -1.85. The SMILES string of the molecule is COc1ccc(C(CNC(=O)Cc2cccs2)N2CCCCC2)cc1. The number of thiophene rings is 1. The largest absolute Gasteiger partial charge is 0.497 e. The van der Waals surface area contributed by atoms with Crippen LogP contribution in [-0.2, 0) is 11.2 Å². The highest BCUT2D eigenvalue weighted by Gasteiger charge is 2.23. The van der Waals surface area contributed by atoms with Gasteiger partial charge in [0.2, 0.25) is 5.91 Å². The molecule has 1 atom stereocenters. The summed E-state index contributed by atoms with van der Waals surface area (Å²) < 4.78 is 5.27. The van der Waals surface area contributed by atoms with Crippen molar-refractivity contribution in [2.24, 2.45) is 0 Å². The third-order valence-electron chi connectivity index (χ3n) is 4.74. The fourth-order valence-corrected chi connectivity index (χ4v) is 4.06. The van der Waals surface area contributed by atoms with Crippen LogP contribution in [0.3, 0.4) is 0 Å². The molecule has 0 bridgehead atoms. The molecule has 1 saturated heterocycles.